The van der Waals surface area contributed by atoms with Gasteiger partial charge in [-0.1, -0.05) is 31.5 Å². The van der Waals surface area contributed by atoms with Crippen molar-refractivity contribution >= 4 is 29.2 Å². The van der Waals surface area contributed by atoms with Crippen LogP contribution in [0.25, 0.3) is 16.5 Å². The Morgan fingerprint density at radius 1 is 1.35 bits per heavy atom. The van der Waals surface area contributed by atoms with E-state index in [1.165, 1.54) is 17.4 Å². The van der Waals surface area contributed by atoms with E-state index < -0.39 is 29.5 Å². The Hall–Kier alpha value is -2.52. The van der Waals surface area contributed by atoms with Gasteiger partial charge in [0.1, 0.15) is 11.9 Å². The molecule has 1 N–H and O–H groups in total. The van der Waals surface area contributed by atoms with Crippen molar-refractivity contribution < 1.29 is 24.2 Å². The standard InChI is InChI=1S/C27H38N4O5S/c1-16-8-7-10-27(6)21(36-27)13-20(17(2)12-19-15-37-22(30-19)14-29-31-28)35-23(32)9-11-26(4,5)25(34)18(3)24(16)33/h9,11-12,15-16,18,20-21,24,33H,7-8,10,13-14H2,1-6H3/t16-,18+,20?,21?,24-,27+/m0/s1. The number of rotatable bonds is 4. The van der Waals surface area contributed by atoms with E-state index in [4.69, 9.17) is 15.0 Å². The summed E-state index contributed by atoms with van der Waals surface area (Å²) in [5, 5.41) is 16.9. The average Bonchev–Trinajstić information content (AvgIpc) is 3.26. The molecule has 0 amide bonds. The van der Waals surface area contributed by atoms with E-state index in [2.05, 4.69) is 21.9 Å². The number of fused-ring (bicyclic) bond motifs is 1. The smallest absolute Gasteiger partial charge is 0.331 e. The minimum atomic E-state index is -0.933. The highest BCUT2D eigenvalue weighted by Crippen LogP contribution is 2.45. The second-order valence-corrected chi connectivity index (χ2v) is 12.0. The van der Waals surface area contributed by atoms with E-state index >= 15 is 0 Å². The topological polar surface area (TPSA) is 138 Å². The van der Waals surface area contributed by atoms with Gasteiger partial charge in [0.2, 0.25) is 0 Å². The van der Waals surface area contributed by atoms with Crippen molar-refractivity contribution in [2.75, 3.05) is 0 Å². The predicted octanol–water partition coefficient (Wildman–Crippen LogP) is 5.78. The first kappa shape index (κ1) is 29.0. The third-order valence-corrected chi connectivity index (χ3v) is 8.41. The van der Waals surface area contributed by atoms with Crippen LogP contribution in [0.3, 0.4) is 0 Å². The summed E-state index contributed by atoms with van der Waals surface area (Å²) in [7, 11) is 0. The van der Waals surface area contributed by atoms with Gasteiger partial charge in [0.25, 0.3) is 0 Å². The SMILES string of the molecule is CC(=Cc1csc(CN=[N+]=[N-])n1)C1CC2O[C@]2(C)CCC[C@H](C)[C@H](O)[C@@H](C)C(=O)C(C)(C)C=CC(=O)O1. The Balaban J connectivity index is 1.85. The number of cyclic esters (lactones) is 1. The highest BCUT2D eigenvalue weighted by atomic mass is 32.1. The lowest BCUT2D eigenvalue weighted by Crippen LogP contribution is -2.38. The number of thiazole rings is 1. The Labute approximate surface area is 222 Å². The van der Waals surface area contributed by atoms with Crippen LogP contribution in [0.5, 0.6) is 0 Å². The first-order valence-electron chi connectivity index (χ1n) is 12.8. The van der Waals surface area contributed by atoms with Crippen LogP contribution in [0.15, 0.2) is 28.2 Å². The van der Waals surface area contributed by atoms with Crippen LogP contribution in [-0.2, 0) is 25.6 Å². The fourth-order valence-corrected chi connectivity index (χ4v) is 5.60. The second kappa shape index (κ2) is 11.9. The van der Waals surface area contributed by atoms with Gasteiger partial charge >= 0.3 is 5.97 Å². The maximum atomic E-state index is 13.2. The summed E-state index contributed by atoms with van der Waals surface area (Å²) in [5.41, 5.74) is 8.81. The maximum Gasteiger partial charge on any atom is 0.331 e. The number of Topliss-reactive ketones (excluding diaryl/α,β-unsaturated/α-hetero) is 1. The third-order valence-electron chi connectivity index (χ3n) is 7.56. The number of carbonyl (C=O) groups excluding carboxylic acids is 2. The number of aromatic nitrogens is 1. The lowest BCUT2D eigenvalue weighted by molar-refractivity contribution is -0.141. The van der Waals surface area contributed by atoms with Crippen LogP contribution in [0, 0.1) is 17.3 Å². The van der Waals surface area contributed by atoms with Crippen molar-refractivity contribution in [1.29, 1.82) is 0 Å². The number of azide groups is 1. The lowest BCUT2D eigenvalue weighted by atomic mass is 9.76. The van der Waals surface area contributed by atoms with Gasteiger partial charge in [-0.15, -0.1) is 11.3 Å². The minimum absolute atomic E-state index is 0.0304. The van der Waals surface area contributed by atoms with Crippen LogP contribution in [0.4, 0.5) is 0 Å². The summed E-state index contributed by atoms with van der Waals surface area (Å²) >= 11 is 1.40. The van der Waals surface area contributed by atoms with Crippen molar-refractivity contribution in [3.05, 3.63) is 44.2 Å². The first-order valence-corrected chi connectivity index (χ1v) is 13.7. The summed E-state index contributed by atoms with van der Waals surface area (Å²) in [5.74, 6) is -1.25. The first-order chi connectivity index (χ1) is 17.4. The van der Waals surface area contributed by atoms with Gasteiger partial charge in [-0.3, -0.25) is 4.79 Å². The number of allylic oxidation sites excluding steroid dienone is 1. The van der Waals surface area contributed by atoms with Crippen LogP contribution in [0.1, 0.15) is 77.9 Å². The largest absolute Gasteiger partial charge is 0.455 e. The zero-order chi connectivity index (χ0) is 27.4. The second-order valence-electron chi connectivity index (χ2n) is 11.1. The molecule has 37 heavy (non-hydrogen) atoms. The number of hydrogen-bond acceptors (Lipinski definition) is 8. The molecule has 2 unspecified atom stereocenters. The molecule has 3 rings (SSSR count). The zero-order valence-electron chi connectivity index (χ0n) is 22.5. The van der Waals surface area contributed by atoms with Gasteiger partial charge in [-0.25, -0.2) is 9.78 Å². The Bertz CT molecular complexity index is 1110. The number of epoxide rings is 1. The molecule has 3 heterocycles. The Morgan fingerprint density at radius 2 is 2.08 bits per heavy atom. The van der Waals surface area contributed by atoms with Crippen LogP contribution >= 0.6 is 11.3 Å². The summed E-state index contributed by atoms with van der Waals surface area (Å²) in [6.45, 7) is 11.4. The van der Waals surface area contributed by atoms with E-state index in [-0.39, 0.29) is 30.0 Å². The van der Waals surface area contributed by atoms with E-state index in [1.807, 2.05) is 25.3 Å². The van der Waals surface area contributed by atoms with E-state index in [0.29, 0.717) is 17.1 Å². The van der Waals surface area contributed by atoms with E-state index in [0.717, 1.165) is 24.8 Å². The molecule has 0 radical (unpaired) electrons. The molecule has 1 fully saturated rings. The van der Waals surface area contributed by atoms with Crippen LogP contribution in [0.2, 0.25) is 0 Å². The molecule has 10 heteroatoms. The molecule has 2 aliphatic rings. The fraction of sp³-hybridized carbons (Fsp3) is 0.667. The monoisotopic (exact) mass is 530 g/mol. The van der Waals surface area contributed by atoms with Gasteiger partial charge in [-0.05, 0) is 63.6 Å². The van der Waals surface area contributed by atoms with Crippen molar-refractivity contribution in [2.45, 2.75) is 97.7 Å². The molecule has 6 atom stereocenters. The molecule has 1 saturated heterocycles. The predicted molar refractivity (Wildman–Crippen MR) is 143 cm³/mol. The molecular formula is C27H38N4O5S. The van der Waals surface area contributed by atoms with Gasteiger partial charge in [0, 0.05) is 34.1 Å². The van der Waals surface area contributed by atoms with Gasteiger partial charge in [-0.2, -0.15) is 0 Å². The van der Waals surface area contributed by atoms with Gasteiger partial charge in [0.05, 0.1) is 35.1 Å². The number of nitrogens with zero attached hydrogens (tertiary/aromatic N) is 4. The number of esters is 1. The molecule has 1 aromatic rings. The molecule has 1 aromatic heterocycles. The number of hydrogen-bond donors (Lipinski definition) is 1. The minimum Gasteiger partial charge on any atom is -0.455 e. The number of ether oxygens (including phenoxy) is 2. The number of carbonyl (C=O) groups is 2. The Kier molecular flexibility index (Phi) is 9.34. The molecule has 0 saturated carbocycles. The Morgan fingerprint density at radius 3 is 2.78 bits per heavy atom. The fourth-order valence-electron chi connectivity index (χ4n) is 4.93. The summed E-state index contributed by atoms with van der Waals surface area (Å²) < 4.78 is 11.9. The van der Waals surface area contributed by atoms with Gasteiger partial charge < -0.3 is 14.6 Å². The summed E-state index contributed by atoms with van der Waals surface area (Å²) in [6, 6.07) is 0. The van der Waals surface area contributed by atoms with Crippen LogP contribution in [-0.4, -0.2) is 45.8 Å². The van der Waals surface area contributed by atoms with Crippen molar-refractivity contribution in [3.8, 4) is 0 Å². The molecule has 9 nitrogen and oxygen atoms in total. The molecule has 0 aliphatic carbocycles. The van der Waals surface area contributed by atoms with E-state index in [9.17, 15) is 14.7 Å². The highest BCUT2D eigenvalue weighted by molar-refractivity contribution is 7.09. The number of aliphatic hydroxyl groups excluding tert-OH is 1. The number of ketones is 1. The maximum absolute atomic E-state index is 13.2. The third kappa shape index (κ3) is 7.51. The van der Waals surface area contributed by atoms with Crippen molar-refractivity contribution in [3.63, 3.8) is 0 Å². The van der Waals surface area contributed by atoms with Crippen molar-refractivity contribution in [2.24, 2.45) is 22.4 Å². The van der Waals surface area contributed by atoms with Crippen LogP contribution < -0.4 is 0 Å². The summed E-state index contributed by atoms with van der Waals surface area (Å²) in [4.78, 5) is 33.2. The normalized spacial score (nSPS) is 33.3. The highest BCUT2D eigenvalue weighted by Gasteiger charge is 2.52. The molecule has 0 bridgehead atoms. The molecule has 2 aliphatic heterocycles. The molecule has 202 valence electrons. The van der Waals surface area contributed by atoms with Crippen molar-refractivity contribution in [1.82, 2.24) is 4.98 Å². The quantitative estimate of drug-likeness (QED) is 0.172. The zero-order valence-corrected chi connectivity index (χ0v) is 23.3. The van der Waals surface area contributed by atoms with E-state index in [1.54, 1.807) is 26.8 Å². The molecule has 0 spiro atoms. The molecular weight excluding hydrogens is 492 g/mol. The molecule has 0 aromatic carbocycles. The number of aliphatic hydroxyl groups is 1. The lowest BCUT2D eigenvalue weighted by Gasteiger charge is -2.30. The average molecular weight is 531 g/mol. The summed E-state index contributed by atoms with van der Waals surface area (Å²) in [6.07, 6.45) is 6.38. The van der Waals surface area contributed by atoms with Gasteiger partial charge in [0.15, 0.2) is 0 Å².